The van der Waals surface area contributed by atoms with E-state index < -0.39 is 0 Å². The van der Waals surface area contributed by atoms with Gasteiger partial charge in [-0.05, 0) is 41.7 Å². The lowest BCUT2D eigenvalue weighted by Crippen LogP contribution is -2.18. The minimum Gasteiger partial charge on any atom is -0.507 e. The molecule has 1 saturated carbocycles. The van der Waals surface area contributed by atoms with Crippen LogP contribution in [0, 0.1) is 5.92 Å². The van der Waals surface area contributed by atoms with Gasteiger partial charge in [0.1, 0.15) is 5.75 Å². The summed E-state index contributed by atoms with van der Waals surface area (Å²) in [7, 11) is 0. The van der Waals surface area contributed by atoms with Crippen LogP contribution in [-0.4, -0.2) is 5.11 Å². The van der Waals surface area contributed by atoms with Crippen LogP contribution in [0.2, 0.25) is 0 Å². The zero-order chi connectivity index (χ0) is 11.7. The lowest BCUT2D eigenvalue weighted by atomic mass is 9.73. The quantitative estimate of drug-likeness (QED) is 0.796. The Hall–Kier alpha value is -0.980. The first kappa shape index (κ1) is 11.5. The summed E-state index contributed by atoms with van der Waals surface area (Å²) < 4.78 is 0. The SMILES string of the molecule is CC(C)c1cccc(C(C)C2CCC2)c1O. The van der Waals surface area contributed by atoms with Gasteiger partial charge in [-0.3, -0.25) is 0 Å². The topological polar surface area (TPSA) is 20.2 Å². The number of hydrogen-bond acceptors (Lipinski definition) is 1. The van der Waals surface area contributed by atoms with E-state index in [9.17, 15) is 5.11 Å². The number of para-hydroxylation sites is 1. The van der Waals surface area contributed by atoms with Crippen molar-refractivity contribution in [3.05, 3.63) is 29.3 Å². The van der Waals surface area contributed by atoms with Gasteiger partial charge in [0.25, 0.3) is 0 Å². The van der Waals surface area contributed by atoms with E-state index in [1.54, 1.807) is 0 Å². The van der Waals surface area contributed by atoms with Crippen molar-refractivity contribution in [3.63, 3.8) is 0 Å². The third kappa shape index (κ3) is 1.95. The van der Waals surface area contributed by atoms with E-state index in [1.807, 2.05) is 6.07 Å². The Morgan fingerprint density at radius 1 is 1.12 bits per heavy atom. The summed E-state index contributed by atoms with van der Waals surface area (Å²) in [6.45, 7) is 6.52. The molecule has 1 heteroatoms. The summed E-state index contributed by atoms with van der Waals surface area (Å²) in [5.74, 6) is 2.23. The van der Waals surface area contributed by atoms with Crippen LogP contribution in [0.5, 0.6) is 5.75 Å². The summed E-state index contributed by atoms with van der Waals surface area (Å²) in [6.07, 6.45) is 4.01. The molecule has 1 aliphatic carbocycles. The van der Waals surface area contributed by atoms with Crippen molar-refractivity contribution in [2.24, 2.45) is 5.92 Å². The van der Waals surface area contributed by atoms with Crippen LogP contribution in [0.4, 0.5) is 0 Å². The zero-order valence-electron chi connectivity index (χ0n) is 10.5. The van der Waals surface area contributed by atoms with Crippen LogP contribution in [0.25, 0.3) is 0 Å². The van der Waals surface area contributed by atoms with Gasteiger partial charge in [-0.1, -0.05) is 45.4 Å². The Labute approximate surface area is 98.5 Å². The van der Waals surface area contributed by atoms with E-state index in [4.69, 9.17) is 0 Å². The number of aromatic hydroxyl groups is 1. The number of phenols is 1. The molecule has 1 nitrogen and oxygen atoms in total. The minimum absolute atomic E-state index is 0.397. The molecule has 0 saturated heterocycles. The second-order valence-electron chi connectivity index (χ2n) is 5.42. The molecule has 2 rings (SSSR count). The van der Waals surface area contributed by atoms with E-state index in [0.29, 0.717) is 17.6 Å². The molecule has 0 amide bonds. The Bertz CT molecular complexity index is 364. The van der Waals surface area contributed by atoms with E-state index in [1.165, 1.54) is 19.3 Å². The van der Waals surface area contributed by atoms with Gasteiger partial charge in [0.05, 0.1) is 0 Å². The number of rotatable bonds is 3. The summed E-state index contributed by atoms with van der Waals surface area (Å²) in [5, 5.41) is 10.3. The molecular formula is C15H22O. The molecule has 1 unspecified atom stereocenters. The molecule has 0 heterocycles. The molecule has 1 N–H and O–H groups in total. The number of phenolic OH excluding ortho intramolecular Hbond substituents is 1. The van der Waals surface area contributed by atoms with Gasteiger partial charge >= 0.3 is 0 Å². The first-order valence-corrected chi connectivity index (χ1v) is 6.43. The van der Waals surface area contributed by atoms with Crippen molar-refractivity contribution in [3.8, 4) is 5.75 Å². The van der Waals surface area contributed by atoms with Crippen molar-refractivity contribution < 1.29 is 5.11 Å². The predicted octanol–water partition coefficient (Wildman–Crippen LogP) is 4.42. The Morgan fingerprint density at radius 3 is 2.25 bits per heavy atom. The summed E-state index contributed by atoms with van der Waals surface area (Å²) in [5.41, 5.74) is 2.24. The fourth-order valence-electron chi connectivity index (χ4n) is 2.61. The van der Waals surface area contributed by atoms with Gasteiger partial charge in [-0.25, -0.2) is 0 Å². The van der Waals surface area contributed by atoms with Crippen LogP contribution in [0.1, 0.15) is 63.0 Å². The van der Waals surface area contributed by atoms with Gasteiger partial charge < -0.3 is 5.11 Å². The molecule has 1 aliphatic rings. The highest BCUT2D eigenvalue weighted by atomic mass is 16.3. The highest BCUT2D eigenvalue weighted by Gasteiger charge is 2.27. The van der Waals surface area contributed by atoms with E-state index in [0.717, 1.165) is 17.0 Å². The average Bonchev–Trinajstić information content (AvgIpc) is 2.14. The van der Waals surface area contributed by atoms with Crippen LogP contribution < -0.4 is 0 Å². The zero-order valence-corrected chi connectivity index (χ0v) is 10.5. The molecule has 0 spiro atoms. The molecule has 0 bridgehead atoms. The molecule has 1 aromatic carbocycles. The molecule has 1 fully saturated rings. The molecule has 0 radical (unpaired) electrons. The third-order valence-electron chi connectivity index (χ3n) is 4.07. The standard InChI is InChI=1S/C15H22O/c1-10(2)13-8-5-9-14(15(13)16)11(3)12-6-4-7-12/h5,8-12,16H,4,6-7H2,1-3H3. The molecule has 0 aliphatic heterocycles. The van der Waals surface area contributed by atoms with Crippen molar-refractivity contribution in [2.45, 2.75) is 51.9 Å². The fourth-order valence-corrected chi connectivity index (χ4v) is 2.61. The summed E-state index contributed by atoms with van der Waals surface area (Å²) in [4.78, 5) is 0. The Morgan fingerprint density at radius 2 is 1.75 bits per heavy atom. The molecule has 1 atom stereocenters. The van der Waals surface area contributed by atoms with Gasteiger partial charge in [0, 0.05) is 0 Å². The normalized spacial score (nSPS) is 18.5. The molecule has 1 aromatic rings. The second kappa shape index (κ2) is 4.48. The predicted molar refractivity (Wildman–Crippen MR) is 68.0 cm³/mol. The summed E-state index contributed by atoms with van der Waals surface area (Å²) in [6, 6.07) is 6.21. The van der Waals surface area contributed by atoms with E-state index in [-0.39, 0.29) is 0 Å². The molecule has 88 valence electrons. The fraction of sp³-hybridized carbons (Fsp3) is 0.600. The minimum atomic E-state index is 0.397. The lowest BCUT2D eigenvalue weighted by Gasteiger charge is -2.32. The average molecular weight is 218 g/mol. The van der Waals surface area contributed by atoms with Crippen LogP contribution in [-0.2, 0) is 0 Å². The molecular weight excluding hydrogens is 196 g/mol. The first-order valence-electron chi connectivity index (χ1n) is 6.43. The Kier molecular flexibility index (Phi) is 3.22. The van der Waals surface area contributed by atoms with Gasteiger partial charge in [0.2, 0.25) is 0 Å². The van der Waals surface area contributed by atoms with E-state index >= 15 is 0 Å². The van der Waals surface area contributed by atoms with Crippen molar-refractivity contribution in [2.75, 3.05) is 0 Å². The first-order chi connectivity index (χ1) is 7.61. The highest BCUT2D eigenvalue weighted by Crippen LogP contribution is 2.43. The third-order valence-corrected chi connectivity index (χ3v) is 4.07. The lowest BCUT2D eigenvalue weighted by molar-refractivity contribution is 0.268. The number of benzene rings is 1. The summed E-state index contributed by atoms with van der Waals surface area (Å²) >= 11 is 0. The monoisotopic (exact) mass is 218 g/mol. The Balaban J connectivity index is 2.29. The smallest absolute Gasteiger partial charge is 0.122 e. The molecule has 0 aromatic heterocycles. The van der Waals surface area contributed by atoms with Crippen molar-refractivity contribution in [1.29, 1.82) is 0 Å². The van der Waals surface area contributed by atoms with Gasteiger partial charge in [-0.15, -0.1) is 0 Å². The van der Waals surface area contributed by atoms with Crippen molar-refractivity contribution in [1.82, 2.24) is 0 Å². The van der Waals surface area contributed by atoms with E-state index in [2.05, 4.69) is 32.9 Å². The number of hydrogen-bond donors (Lipinski definition) is 1. The second-order valence-corrected chi connectivity index (χ2v) is 5.42. The highest BCUT2D eigenvalue weighted by molar-refractivity contribution is 5.44. The largest absolute Gasteiger partial charge is 0.507 e. The van der Waals surface area contributed by atoms with Crippen molar-refractivity contribution >= 4 is 0 Å². The van der Waals surface area contributed by atoms with Gasteiger partial charge in [-0.2, -0.15) is 0 Å². The van der Waals surface area contributed by atoms with Crippen LogP contribution in [0.15, 0.2) is 18.2 Å². The van der Waals surface area contributed by atoms with Crippen LogP contribution >= 0.6 is 0 Å². The van der Waals surface area contributed by atoms with Gasteiger partial charge in [0.15, 0.2) is 0 Å². The van der Waals surface area contributed by atoms with Crippen LogP contribution in [0.3, 0.4) is 0 Å². The molecule has 16 heavy (non-hydrogen) atoms. The maximum atomic E-state index is 10.3. The maximum Gasteiger partial charge on any atom is 0.122 e. The maximum absolute atomic E-state index is 10.3.